The average Bonchev–Trinajstić information content (AvgIpc) is 2.68. The van der Waals surface area contributed by atoms with Gasteiger partial charge in [0.1, 0.15) is 5.75 Å². The molecule has 0 aliphatic heterocycles. The van der Waals surface area contributed by atoms with Crippen LogP contribution in [0.25, 0.3) is 0 Å². The average molecular weight is 525 g/mol. The first-order valence-corrected chi connectivity index (χ1v) is 10.3. The Morgan fingerprint density at radius 2 is 1.56 bits per heavy atom. The lowest BCUT2D eigenvalue weighted by Gasteiger charge is -2.32. The van der Waals surface area contributed by atoms with Gasteiger partial charge in [0.25, 0.3) is 0 Å². The van der Waals surface area contributed by atoms with Gasteiger partial charge in [0.2, 0.25) is 0 Å². The van der Waals surface area contributed by atoms with Crippen molar-refractivity contribution in [3.05, 3.63) is 42.5 Å². The number of esters is 2. The zero-order valence-electron chi connectivity index (χ0n) is 17.0. The van der Waals surface area contributed by atoms with Crippen LogP contribution >= 0.6 is 0 Å². The molecule has 0 saturated heterocycles. The van der Waals surface area contributed by atoms with E-state index in [1.165, 1.54) is 18.2 Å². The Labute approximate surface area is 188 Å². The Morgan fingerprint density at radius 3 is 2.00 bits per heavy atom. The second-order valence-electron chi connectivity index (χ2n) is 6.61. The van der Waals surface area contributed by atoms with Crippen molar-refractivity contribution in [2.75, 3.05) is 6.61 Å². The summed E-state index contributed by atoms with van der Waals surface area (Å²) in [6, 6.07) is 5.98. The lowest BCUT2D eigenvalue weighted by Crippen LogP contribution is -2.59. The first kappa shape index (κ1) is 29.3. The summed E-state index contributed by atoms with van der Waals surface area (Å²) in [5.41, 5.74) is -0.642. The number of ether oxygens (including phenoxy) is 3. The summed E-state index contributed by atoms with van der Waals surface area (Å²) < 4.78 is 139. The van der Waals surface area contributed by atoms with Gasteiger partial charge in [0.15, 0.2) is 10.1 Å². The van der Waals surface area contributed by atoms with Crippen molar-refractivity contribution in [2.24, 2.45) is 0 Å². The number of hydrogen-bond donors (Lipinski definition) is 0. The second kappa shape index (κ2) is 10.3. The molecule has 0 N–H and O–H groups in total. The highest BCUT2D eigenvalue weighted by molar-refractivity contribution is 7.86. The van der Waals surface area contributed by atoms with Crippen molar-refractivity contribution in [1.29, 1.82) is 0 Å². The molecule has 0 aromatic heterocycles. The molecule has 1 rings (SSSR count). The van der Waals surface area contributed by atoms with Crippen molar-refractivity contribution in [2.45, 2.75) is 42.9 Å². The van der Waals surface area contributed by atoms with Gasteiger partial charge in [-0.2, -0.15) is 30.7 Å². The predicted octanol–water partition coefficient (Wildman–Crippen LogP) is 3.54. The van der Waals surface area contributed by atoms with Gasteiger partial charge in [0.05, 0.1) is 6.61 Å². The van der Waals surface area contributed by atoms with Gasteiger partial charge in [-0.1, -0.05) is 24.8 Å². The fourth-order valence-electron chi connectivity index (χ4n) is 2.10. The number of carbonyl (C=O) groups excluding carboxylic acids is 2. The van der Waals surface area contributed by atoms with E-state index < -0.39 is 76.0 Å². The van der Waals surface area contributed by atoms with Crippen LogP contribution < -0.4 is 4.74 Å². The molecule has 192 valence electrons. The van der Waals surface area contributed by atoms with Crippen molar-refractivity contribution in [3.8, 4) is 5.75 Å². The third kappa shape index (κ3) is 6.44. The third-order valence-corrected chi connectivity index (χ3v) is 4.79. The molecule has 0 aliphatic carbocycles. The Balaban J connectivity index is 3.21. The topological polar surface area (TPSA) is 119 Å². The molecule has 1 unspecified atom stereocenters. The van der Waals surface area contributed by atoms with Crippen molar-refractivity contribution in [1.82, 2.24) is 0 Å². The number of para-hydroxylation sites is 1. The van der Waals surface area contributed by atoms with E-state index >= 15 is 0 Å². The van der Waals surface area contributed by atoms with E-state index in [0.29, 0.717) is 0 Å². The van der Waals surface area contributed by atoms with Crippen LogP contribution in [-0.2, 0) is 29.2 Å². The highest BCUT2D eigenvalue weighted by Crippen LogP contribution is 2.42. The molecule has 0 bridgehead atoms. The number of rotatable bonds is 11. The van der Waals surface area contributed by atoms with E-state index in [9.17, 15) is 53.3 Å². The normalized spacial score (nSPS) is 14.7. The molecule has 34 heavy (non-hydrogen) atoms. The molecular formula is C18H16F7O8S-. The van der Waals surface area contributed by atoms with Gasteiger partial charge in [-0.15, -0.1) is 0 Å². The number of alkyl halides is 7. The number of carbonyl (C=O) groups is 2. The van der Waals surface area contributed by atoms with Crippen LogP contribution in [-0.4, -0.2) is 54.7 Å². The summed E-state index contributed by atoms with van der Waals surface area (Å²) in [5.74, 6) is -14.7. The highest BCUT2D eigenvalue weighted by atomic mass is 32.2. The minimum absolute atomic E-state index is 0.470. The van der Waals surface area contributed by atoms with Crippen LogP contribution in [0.4, 0.5) is 30.7 Å². The molecule has 0 heterocycles. The fraction of sp³-hybridized carbons (Fsp3) is 0.444. The van der Waals surface area contributed by atoms with Crippen LogP contribution in [0.2, 0.25) is 0 Å². The summed E-state index contributed by atoms with van der Waals surface area (Å²) >= 11 is 0. The fourth-order valence-corrected chi connectivity index (χ4v) is 2.57. The zero-order chi connectivity index (χ0) is 26.6. The molecule has 0 spiro atoms. The zero-order valence-corrected chi connectivity index (χ0v) is 17.9. The SMILES string of the molecule is C=C(C)C(=O)OC(OCCCC(F)(F)C(F)(F)S(=O)(=O)[O-])(C(=O)Oc1ccccc1)C(F)(F)F. The van der Waals surface area contributed by atoms with Crippen LogP contribution in [0, 0.1) is 0 Å². The van der Waals surface area contributed by atoms with Crippen LogP contribution in [0.15, 0.2) is 42.5 Å². The maximum absolute atomic E-state index is 13.8. The quantitative estimate of drug-likeness (QED) is 0.0819. The molecule has 16 heteroatoms. The Hall–Kier alpha value is -2.72. The van der Waals surface area contributed by atoms with E-state index in [1.54, 1.807) is 0 Å². The number of benzene rings is 1. The maximum Gasteiger partial charge on any atom is 0.468 e. The summed E-state index contributed by atoms with van der Waals surface area (Å²) in [6.45, 7) is 2.33. The van der Waals surface area contributed by atoms with Crippen LogP contribution in [0.5, 0.6) is 5.75 Å². The first-order valence-electron chi connectivity index (χ1n) is 8.86. The lowest BCUT2D eigenvalue weighted by molar-refractivity contribution is -0.352. The lowest BCUT2D eigenvalue weighted by atomic mass is 10.2. The van der Waals surface area contributed by atoms with Gasteiger partial charge >= 0.3 is 35.1 Å². The smallest absolute Gasteiger partial charge is 0.468 e. The molecule has 1 aromatic carbocycles. The van der Waals surface area contributed by atoms with Gasteiger partial charge < -0.3 is 18.8 Å². The Kier molecular flexibility index (Phi) is 8.85. The van der Waals surface area contributed by atoms with Gasteiger partial charge in [-0.3, -0.25) is 0 Å². The summed E-state index contributed by atoms with van der Waals surface area (Å²) in [5, 5.41) is -6.08. The van der Waals surface area contributed by atoms with Crippen LogP contribution in [0.3, 0.4) is 0 Å². The Bertz CT molecular complexity index is 1010. The molecule has 0 fully saturated rings. The molecule has 1 aromatic rings. The number of halogens is 7. The molecule has 1 atom stereocenters. The summed E-state index contributed by atoms with van der Waals surface area (Å²) in [6.07, 6.45) is -9.48. The van der Waals surface area contributed by atoms with Crippen molar-refractivity contribution in [3.63, 3.8) is 0 Å². The predicted molar refractivity (Wildman–Crippen MR) is 96.5 cm³/mol. The van der Waals surface area contributed by atoms with E-state index in [2.05, 4.69) is 20.8 Å². The molecule has 0 radical (unpaired) electrons. The van der Waals surface area contributed by atoms with Gasteiger partial charge in [-0.05, 0) is 25.5 Å². The summed E-state index contributed by atoms with van der Waals surface area (Å²) in [7, 11) is -6.83. The molecular weight excluding hydrogens is 509 g/mol. The van der Waals surface area contributed by atoms with Gasteiger partial charge in [-0.25, -0.2) is 18.0 Å². The molecule has 0 aliphatic rings. The first-order chi connectivity index (χ1) is 15.3. The van der Waals surface area contributed by atoms with Crippen LogP contribution in [0.1, 0.15) is 19.8 Å². The van der Waals surface area contributed by atoms with E-state index in [0.717, 1.165) is 19.1 Å². The van der Waals surface area contributed by atoms with E-state index in [4.69, 9.17) is 0 Å². The molecule has 0 amide bonds. The molecule has 0 saturated carbocycles. The number of hydrogen-bond acceptors (Lipinski definition) is 8. The minimum Gasteiger partial charge on any atom is -0.743 e. The molecule has 8 nitrogen and oxygen atoms in total. The monoisotopic (exact) mass is 525 g/mol. The third-order valence-electron chi connectivity index (χ3n) is 3.86. The maximum atomic E-state index is 13.8. The van der Waals surface area contributed by atoms with E-state index in [1.807, 2.05) is 0 Å². The van der Waals surface area contributed by atoms with Crippen molar-refractivity contribution >= 4 is 22.1 Å². The minimum atomic E-state index is -6.83. The standard InChI is InChI=1S/C18H17F7O8S/c1-11(2)13(26)33-16(17(21,22)23,14(27)32-12-7-4-3-5-8-12)31-10-6-9-15(19,20)18(24,25)34(28,29)30/h3-5,7-8H,1,6,9-10H2,2H3,(H,28,29,30)/p-1. The highest BCUT2D eigenvalue weighted by Gasteiger charge is 2.68. The Morgan fingerprint density at radius 1 is 1.03 bits per heavy atom. The van der Waals surface area contributed by atoms with E-state index in [-0.39, 0.29) is 0 Å². The largest absolute Gasteiger partial charge is 0.743 e. The van der Waals surface area contributed by atoms with Crippen molar-refractivity contribution < 1.29 is 67.5 Å². The second-order valence-corrected chi connectivity index (χ2v) is 8.04. The summed E-state index contributed by atoms with van der Waals surface area (Å²) in [4.78, 5) is 24.1. The van der Waals surface area contributed by atoms with Gasteiger partial charge in [0, 0.05) is 12.0 Å².